The first-order valence-corrected chi connectivity index (χ1v) is 12.0. The number of carboxylic acid groups (broad SMARTS) is 1. The Morgan fingerprint density at radius 2 is 1.89 bits per heavy atom. The van der Waals surface area contributed by atoms with E-state index in [1.807, 2.05) is 11.9 Å². The predicted molar refractivity (Wildman–Crippen MR) is 137 cm³/mol. The van der Waals surface area contributed by atoms with E-state index in [0.29, 0.717) is 22.4 Å². The molecule has 1 amide bonds. The first-order chi connectivity index (χ1) is 17.4. The highest BCUT2D eigenvalue weighted by Gasteiger charge is 2.19. The molecule has 0 saturated carbocycles. The van der Waals surface area contributed by atoms with Crippen molar-refractivity contribution in [2.75, 3.05) is 26.2 Å². The summed E-state index contributed by atoms with van der Waals surface area (Å²) in [5.41, 5.74) is 7.25. The summed E-state index contributed by atoms with van der Waals surface area (Å²) in [5.74, 6) is -0.0769. The molecule has 0 aliphatic carbocycles. The van der Waals surface area contributed by atoms with Crippen molar-refractivity contribution in [3.63, 3.8) is 0 Å². The number of ether oxygens (including phenoxy) is 2. The van der Waals surface area contributed by atoms with E-state index in [0.717, 1.165) is 31.7 Å². The molecule has 1 heterocycles. The number of carboxylic acids is 1. The smallest absolute Gasteiger partial charge is 0.303 e. The number of carbonyl (C=O) groups is 2. The van der Waals surface area contributed by atoms with Gasteiger partial charge in [-0.05, 0) is 49.2 Å². The molecule has 5 N–H and O–H groups in total. The van der Waals surface area contributed by atoms with Crippen LogP contribution in [0, 0.1) is 5.41 Å². The second kappa shape index (κ2) is 13.1. The molecule has 0 bridgehead atoms. The molecule has 1 aliphatic heterocycles. The maximum Gasteiger partial charge on any atom is 0.303 e. The molecule has 3 rings (SSSR count). The summed E-state index contributed by atoms with van der Waals surface area (Å²) in [5, 5.41) is 25.7. The Hall–Kier alpha value is -4.08. The number of nitrogens with one attached hydrogen (secondary N) is 2. The standard InChI is InChI=1S/C26H33N5O5/c1-2-30-31-14-11-22(12-15-31)36-21-8-5-19(6-9-21)26(34)29-13-16-35-23-17-20(25(27)28)4-3-18(23)7-10-24(32)33/h2-6,8-9,17,22H,7,10-16H2,1H3,(H3,27,28)(H,29,34)(H,32,33)/b30-2+. The van der Waals surface area contributed by atoms with Crippen LogP contribution < -0.4 is 20.5 Å². The van der Waals surface area contributed by atoms with E-state index in [1.54, 1.807) is 48.7 Å². The largest absolute Gasteiger partial charge is 0.491 e. The molecule has 36 heavy (non-hydrogen) atoms. The van der Waals surface area contributed by atoms with Crippen molar-refractivity contribution in [2.24, 2.45) is 10.8 Å². The lowest BCUT2D eigenvalue weighted by Gasteiger charge is -2.30. The van der Waals surface area contributed by atoms with Crippen molar-refractivity contribution < 1.29 is 24.2 Å². The highest BCUT2D eigenvalue weighted by molar-refractivity contribution is 5.95. The molecule has 2 aromatic rings. The van der Waals surface area contributed by atoms with Crippen LogP contribution in [0.15, 0.2) is 47.6 Å². The number of rotatable bonds is 12. The van der Waals surface area contributed by atoms with Crippen LogP contribution in [0.25, 0.3) is 0 Å². The second-order valence-corrected chi connectivity index (χ2v) is 8.40. The van der Waals surface area contributed by atoms with Crippen LogP contribution in [0.2, 0.25) is 0 Å². The van der Waals surface area contributed by atoms with E-state index >= 15 is 0 Å². The van der Waals surface area contributed by atoms with Gasteiger partial charge in [-0.25, -0.2) is 0 Å². The summed E-state index contributed by atoms with van der Waals surface area (Å²) in [6, 6.07) is 12.0. The van der Waals surface area contributed by atoms with Gasteiger partial charge in [0.25, 0.3) is 5.91 Å². The monoisotopic (exact) mass is 495 g/mol. The fourth-order valence-corrected chi connectivity index (χ4v) is 3.85. The van der Waals surface area contributed by atoms with E-state index in [4.69, 9.17) is 25.7 Å². The van der Waals surface area contributed by atoms with Gasteiger partial charge < -0.3 is 25.6 Å². The summed E-state index contributed by atoms with van der Waals surface area (Å²) in [6.45, 7) is 4.05. The molecule has 2 aromatic carbocycles. The maximum atomic E-state index is 12.5. The Balaban J connectivity index is 1.47. The molecule has 10 heteroatoms. The molecule has 0 unspecified atom stereocenters. The van der Waals surface area contributed by atoms with E-state index in [9.17, 15) is 9.59 Å². The third-order valence-electron chi connectivity index (χ3n) is 5.75. The van der Waals surface area contributed by atoms with Crippen molar-refractivity contribution in [2.45, 2.75) is 38.7 Å². The summed E-state index contributed by atoms with van der Waals surface area (Å²) in [4.78, 5) is 23.4. The number of benzene rings is 2. The van der Waals surface area contributed by atoms with Gasteiger partial charge in [-0.3, -0.25) is 20.0 Å². The average Bonchev–Trinajstić information content (AvgIpc) is 2.87. The number of piperidine rings is 1. The van der Waals surface area contributed by atoms with E-state index in [-0.39, 0.29) is 43.8 Å². The van der Waals surface area contributed by atoms with Crippen LogP contribution in [0.5, 0.6) is 11.5 Å². The molecular weight excluding hydrogens is 462 g/mol. The van der Waals surface area contributed by atoms with Crippen molar-refractivity contribution in [1.29, 1.82) is 5.41 Å². The normalized spacial score (nSPS) is 14.0. The number of hydrazone groups is 1. The molecule has 192 valence electrons. The summed E-state index contributed by atoms with van der Waals surface area (Å²) in [6.07, 6.45) is 3.96. The Bertz CT molecular complexity index is 1080. The van der Waals surface area contributed by atoms with Gasteiger partial charge in [-0.1, -0.05) is 12.1 Å². The quantitative estimate of drug-likeness (QED) is 0.201. The van der Waals surface area contributed by atoms with Gasteiger partial charge >= 0.3 is 5.97 Å². The SMILES string of the molecule is C/C=N/N1CCC(Oc2ccc(C(=O)NCCOc3cc(C(=N)N)ccc3CCC(=O)O)cc2)CC1. The number of hydrogen-bond donors (Lipinski definition) is 4. The highest BCUT2D eigenvalue weighted by atomic mass is 16.5. The molecule has 10 nitrogen and oxygen atoms in total. The second-order valence-electron chi connectivity index (χ2n) is 8.40. The third-order valence-corrected chi connectivity index (χ3v) is 5.75. The number of amidine groups is 1. The predicted octanol–water partition coefficient (Wildman–Crippen LogP) is 2.65. The van der Waals surface area contributed by atoms with Crippen LogP contribution in [-0.2, 0) is 11.2 Å². The Morgan fingerprint density at radius 1 is 1.19 bits per heavy atom. The Morgan fingerprint density at radius 3 is 2.53 bits per heavy atom. The molecule has 1 saturated heterocycles. The summed E-state index contributed by atoms with van der Waals surface area (Å²) < 4.78 is 11.8. The fraction of sp³-hybridized carbons (Fsp3) is 0.385. The van der Waals surface area contributed by atoms with E-state index in [1.165, 1.54) is 0 Å². The van der Waals surface area contributed by atoms with Crippen LogP contribution in [0.4, 0.5) is 0 Å². The molecule has 0 radical (unpaired) electrons. The molecular formula is C26H33N5O5. The zero-order valence-electron chi connectivity index (χ0n) is 20.4. The van der Waals surface area contributed by atoms with Gasteiger partial charge in [0.2, 0.25) is 0 Å². The summed E-state index contributed by atoms with van der Waals surface area (Å²) in [7, 11) is 0. The average molecular weight is 496 g/mol. The van der Waals surface area contributed by atoms with Gasteiger partial charge in [-0.15, -0.1) is 0 Å². The molecule has 0 aromatic heterocycles. The maximum absolute atomic E-state index is 12.5. The topological polar surface area (TPSA) is 150 Å². The lowest BCUT2D eigenvalue weighted by molar-refractivity contribution is -0.136. The van der Waals surface area contributed by atoms with Crippen LogP contribution in [-0.4, -0.2) is 66.4 Å². The zero-order chi connectivity index (χ0) is 25.9. The first-order valence-electron chi connectivity index (χ1n) is 12.0. The van der Waals surface area contributed by atoms with Crippen LogP contribution in [0.3, 0.4) is 0 Å². The van der Waals surface area contributed by atoms with Crippen molar-refractivity contribution >= 4 is 23.9 Å². The number of hydrogen-bond acceptors (Lipinski definition) is 7. The number of aliphatic carboxylic acids is 1. The molecule has 0 spiro atoms. The summed E-state index contributed by atoms with van der Waals surface area (Å²) >= 11 is 0. The molecule has 1 fully saturated rings. The fourth-order valence-electron chi connectivity index (χ4n) is 3.85. The number of amides is 1. The van der Waals surface area contributed by atoms with Crippen LogP contribution in [0.1, 0.15) is 47.7 Å². The number of aryl methyl sites for hydroxylation is 1. The molecule has 0 atom stereocenters. The minimum absolute atomic E-state index is 0.0428. The first kappa shape index (κ1) is 26.5. The minimum atomic E-state index is -0.910. The Kier molecular flexibility index (Phi) is 9.67. The lowest BCUT2D eigenvalue weighted by atomic mass is 10.1. The Labute approximate surface area is 210 Å². The van der Waals surface area contributed by atoms with Gasteiger partial charge in [0.1, 0.15) is 30.0 Å². The van der Waals surface area contributed by atoms with E-state index in [2.05, 4.69) is 10.4 Å². The zero-order valence-corrected chi connectivity index (χ0v) is 20.4. The third kappa shape index (κ3) is 8.00. The van der Waals surface area contributed by atoms with Gasteiger partial charge in [0.15, 0.2) is 0 Å². The number of nitrogens with zero attached hydrogens (tertiary/aromatic N) is 2. The van der Waals surface area contributed by atoms with E-state index < -0.39 is 5.97 Å². The van der Waals surface area contributed by atoms with Gasteiger partial charge in [-0.2, -0.15) is 5.10 Å². The highest BCUT2D eigenvalue weighted by Crippen LogP contribution is 2.22. The van der Waals surface area contributed by atoms with Gasteiger partial charge in [0.05, 0.1) is 6.54 Å². The van der Waals surface area contributed by atoms with Crippen molar-refractivity contribution in [3.8, 4) is 11.5 Å². The van der Waals surface area contributed by atoms with Gasteiger partial charge in [0, 0.05) is 49.7 Å². The number of nitrogen functional groups attached to an aromatic ring is 1. The number of carbonyl (C=O) groups excluding carboxylic acids is 1. The minimum Gasteiger partial charge on any atom is -0.491 e. The van der Waals surface area contributed by atoms with Crippen molar-refractivity contribution in [1.82, 2.24) is 10.3 Å². The number of nitrogens with two attached hydrogens (primary N) is 1. The molecule has 1 aliphatic rings. The van der Waals surface area contributed by atoms with Crippen molar-refractivity contribution in [3.05, 3.63) is 59.2 Å². The lowest BCUT2D eigenvalue weighted by Crippen LogP contribution is -2.35. The van der Waals surface area contributed by atoms with Crippen LogP contribution >= 0.6 is 0 Å².